The van der Waals surface area contributed by atoms with Crippen molar-refractivity contribution in [3.63, 3.8) is 0 Å². The number of hydrogen-bond acceptors (Lipinski definition) is 3. The van der Waals surface area contributed by atoms with E-state index in [4.69, 9.17) is 0 Å². The second-order valence-corrected chi connectivity index (χ2v) is 23.0. The van der Waals surface area contributed by atoms with E-state index >= 15 is 0 Å². The lowest BCUT2D eigenvalue weighted by Gasteiger charge is -2.53. The van der Waals surface area contributed by atoms with Gasteiger partial charge in [0.25, 0.3) is 0 Å². The topological polar surface area (TPSA) is 6.48 Å². The maximum absolute atomic E-state index is 2.78. The van der Waals surface area contributed by atoms with Crippen LogP contribution in [0.4, 0.5) is 28.4 Å². The summed E-state index contributed by atoms with van der Waals surface area (Å²) < 4.78 is 2.62. The minimum Gasteiger partial charge on any atom is -0.376 e. The van der Waals surface area contributed by atoms with E-state index < -0.39 is 5.41 Å². The number of para-hydroxylation sites is 2. The van der Waals surface area contributed by atoms with Crippen LogP contribution in [0.2, 0.25) is 0 Å². The Morgan fingerprint density at radius 2 is 1.10 bits per heavy atom. The van der Waals surface area contributed by atoms with E-state index in [1.54, 1.807) is 0 Å². The lowest BCUT2D eigenvalue weighted by Crippen LogP contribution is -2.63. The Balaban J connectivity index is 1.16. The summed E-state index contributed by atoms with van der Waals surface area (Å²) in [5.74, 6) is 0. The summed E-state index contributed by atoms with van der Waals surface area (Å²) in [4.78, 5) is 5.50. The van der Waals surface area contributed by atoms with Crippen molar-refractivity contribution in [2.24, 2.45) is 0 Å². The molecule has 0 saturated heterocycles. The molecule has 0 N–H and O–H groups in total. The van der Waals surface area contributed by atoms with Crippen molar-refractivity contribution in [1.82, 2.24) is 0 Å². The number of hydrogen-bond donors (Lipinski definition) is 0. The predicted octanol–water partition coefficient (Wildman–Crippen LogP) is 16.7. The van der Waals surface area contributed by atoms with E-state index in [1.807, 2.05) is 11.3 Å². The van der Waals surface area contributed by atoms with E-state index in [0.717, 1.165) is 0 Å². The average molecular weight is 939 g/mol. The smallest absolute Gasteiger partial charge is 0.333 e. The van der Waals surface area contributed by atoms with Crippen LogP contribution in [0.3, 0.4) is 0 Å². The highest BCUT2D eigenvalue weighted by atomic mass is 32.1. The fourth-order valence-electron chi connectivity index (χ4n) is 13.7. The summed E-state index contributed by atoms with van der Waals surface area (Å²) in [5.41, 5.74) is 25.0. The number of fused-ring (bicyclic) bond motifs is 14. The molecular formula is C68H51BN2S. The maximum Gasteiger partial charge on any atom is 0.333 e. The van der Waals surface area contributed by atoms with Gasteiger partial charge in [0.15, 0.2) is 0 Å². The molecule has 1 aromatic heterocycles. The van der Waals surface area contributed by atoms with Gasteiger partial charge in [-0.3, -0.25) is 0 Å². The minimum atomic E-state index is -0.602. The van der Waals surface area contributed by atoms with Crippen molar-refractivity contribution >= 4 is 77.7 Å². The van der Waals surface area contributed by atoms with Gasteiger partial charge in [0.1, 0.15) is 0 Å². The number of thiophene rings is 1. The molecule has 1 aliphatic carbocycles. The molecule has 0 fully saturated rings. The molecule has 11 aromatic rings. The minimum absolute atomic E-state index is 0.0496. The summed E-state index contributed by atoms with van der Waals surface area (Å²) in [6.07, 6.45) is 0. The lowest BCUT2D eigenvalue weighted by molar-refractivity contribution is 0.590. The maximum atomic E-state index is 2.78. The second kappa shape index (κ2) is 14.8. The number of rotatable bonds is 4. The predicted molar refractivity (Wildman–Crippen MR) is 307 cm³/mol. The van der Waals surface area contributed by atoms with E-state index in [1.165, 1.54) is 132 Å². The SMILES string of the molecule is CC(C)(C)c1ccc(N2c3cc4c(c5c3B(c3ccc6c(sc7ccccc76)c32)N2c3ccccc3C(c3ccccc3)(c3ccccc3)c3cccc-5c32)-c2ccccc2C4(C)C)c(-c2ccccc2)c1. The second-order valence-electron chi connectivity index (χ2n) is 21.9. The number of nitrogens with zero attached hydrogens (tertiary/aromatic N) is 2. The first-order valence-corrected chi connectivity index (χ1v) is 26.4. The zero-order valence-electron chi connectivity index (χ0n) is 41.2. The molecular weight excluding hydrogens is 888 g/mol. The molecule has 15 rings (SSSR count). The third-order valence-electron chi connectivity index (χ3n) is 16.9. The van der Waals surface area contributed by atoms with Gasteiger partial charge in [0.2, 0.25) is 0 Å². The molecule has 0 atom stereocenters. The Bertz CT molecular complexity index is 4030. The van der Waals surface area contributed by atoms with Gasteiger partial charge in [-0.2, -0.15) is 0 Å². The molecule has 0 spiro atoms. The summed E-state index contributed by atoms with van der Waals surface area (Å²) in [6.45, 7) is 11.7. The summed E-state index contributed by atoms with van der Waals surface area (Å²) in [7, 11) is 0. The Morgan fingerprint density at radius 1 is 0.458 bits per heavy atom. The Labute approximate surface area is 426 Å². The van der Waals surface area contributed by atoms with Crippen LogP contribution < -0.4 is 20.6 Å². The third-order valence-corrected chi connectivity index (χ3v) is 18.0. The molecule has 4 aliphatic rings. The monoisotopic (exact) mass is 938 g/mol. The number of anilines is 5. The molecule has 0 unspecified atom stereocenters. The van der Waals surface area contributed by atoms with Crippen molar-refractivity contribution in [1.29, 1.82) is 0 Å². The van der Waals surface area contributed by atoms with Gasteiger partial charge < -0.3 is 9.71 Å². The summed E-state index contributed by atoms with van der Waals surface area (Å²) in [6, 6.07) is 83.5. The number of benzene rings is 10. The van der Waals surface area contributed by atoms with Crippen LogP contribution in [0, 0.1) is 0 Å². The molecule has 0 bridgehead atoms. The first-order valence-electron chi connectivity index (χ1n) is 25.5. The highest BCUT2D eigenvalue weighted by Gasteiger charge is 2.55. The van der Waals surface area contributed by atoms with E-state index in [-0.39, 0.29) is 17.7 Å². The van der Waals surface area contributed by atoms with Crippen molar-refractivity contribution in [3.8, 4) is 33.4 Å². The van der Waals surface area contributed by atoms with Crippen LogP contribution in [-0.2, 0) is 16.2 Å². The van der Waals surface area contributed by atoms with Gasteiger partial charge in [-0.1, -0.05) is 223 Å². The van der Waals surface area contributed by atoms with Crippen molar-refractivity contribution < 1.29 is 0 Å². The highest BCUT2D eigenvalue weighted by Crippen LogP contribution is 2.64. The van der Waals surface area contributed by atoms with Crippen LogP contribution in [0.25, 0.3) is 53.6 Å². The highest BCUT2D eigenvalue weighted by molar-refractivity contribution is 7.26. The molecule has 72 heavy (non-hydrogen) atoms. The van der Waals surface area contributed by atoms with Crippen molar-refractivity contribution in [2.75, 3.05) is 9.71 Å². The van der Waals surface area contributed by atoms with Crippen LogP contribution in [0.5, 0.6) is 0 Å². The van der Waals surface area contributed by atoms with Gasteiger partial charge in [0.05, 0.1) is 21.5 Å². The Hall–Kier alpha value is -7.92. The molecule has 0 saturated carbocycles. The molecule has 4 heterocycles. The standard InChI is InChI=1S/C68H51BN2S/c1-66(2,3)45-36-39-56(50(40-45)42-22-9-6-10-23-42)70-58-41-54-60(48-29-15-17-31-51(48)67(54,4)5)61-49-30-21-33-53-63(49)71(69(62(58)61)55-38-37-47-46-28-16-20-35-59(46)72-65(47)64(55)70)57-34-19-18-32-52(57)68(53,43-24-11-7-12-25-43)44-26-13-8-14-27-44/h6-41H,1-5H3. The van der Waals surface area contributed by atoms with Gasteiger partial charge in [0, 0.05) is 49.1 Å². The normalized spacial score (nSPS) is 15.2. The quantitative estimate of drug-likeness (QED) is 0.162. The van der Waals surface area contributed by atoms with E-state index in [9.17, 15) is 0 Å². The Morgan fingerprint density at radius 3 is 1.85 bits per heavy atom. The lowest BCUT2D eigenvalue weighted by atomic mass is 9.41. The Kier molecular flexibility index (Phi) is 8.61. The summed E-state index contributed by atoms with van der Waals surface area (Å²) in [5, 5.41) is 2.60. The third kappa shape index (κ3) is 5.40. The molecule has 4 heteroatoms. The van der Waals surface area contributed by atoms with E-state index in [0.29, 0.717) is 0 Å². The van der Waals surface area contributed by atoms with Crippen molar-refractivity contribution in [2.45, 2.75) is 50.9 Å². The molecule has 10 aromatic carbocycles. The van der Waals surface area contributed by atoms with Crippen molar-refractivity contribution in [3.05, 3.63) is 257 Å². The van der Waals surface area contributed by atoms with Crippen LogP contribution in [0.15, 0.2) is 218 Å². The van der Waals surface area contributed by atoms with Gasteiger partial charge in [-0.25, -0.2) is 0 Å². The molecule has 3 aliphatic heterocycles. The molecule has 0 radical (unpaired) electrons. The zero-order chi connectivity index (χ0) is 48.3. The van der Waals surface area contributed by atoms with E-state index in [2.05, 4.69) is 263 Å². The average Bonchev–Trinajstić information content (AvgIpc) is 3.91. The molecule has 2 nitrogen and oxygen atoms in total. The zero-order valence-corrected chi connectivity index (χ0v) is 42.0. The van der Waals surface area contributed by atoms with Gasteiger partial charge in [-0.15, -0.1) is 11.3 Å². The molecule has 0 amide bonds. The summed E-state index contributed by atoms with van der Waals surface area (Å²) >= 11 is 1.94. The molecule has 342 valence electrons. The largest absolute Gasteiger partial charge is 0.376 e. The first kappa shape index (κ1) is 41.8. The van der Waals surface area contributed by atoms with Gasteiger partial charge in [-0.05, 0) is 108 Å². The van der Waals surface area contributed by atoms with Crippen LogP contribution >= 0.6 is 11.3 Å². The fourth-order valence-corrected chi connectivity index (χ4v) is 14.9. The van der Waals surface area contributed by atoms with Crippen LogP contribution in [0.1, 0.15) is 73.6 Å². The first-order chi connectivity index (χ1) is 35.2. The fraction of sp³-hybridized carbons (Fsp3) is 0.118. The van der Waals surface area contributed by atoms with Crippen LogP contribution in [-0.4, -0.2) is 6.85 Å². The van der Waals surface area contributed by atoms with Gasteiger partial charge >= 0.3 is 6.85 Å².